The highest BCUT2D eigenvalue weighted by molar-refractivity contribution is 5.89. The van der Waals surface area contributed by atoms with Gasteiger partial charge >= 0.3 is 6.03 Å². The van der Waals surface area contributed by atoms with Gasteiger partial charge in [0.05, 0.1) is 17.7 Å². The van der Waals surface area contributed by atoms with Crippen molar-refractivity contribution in [2.75, 3.05) is 36.4 Å². The van der Waals surface area contributed by atoms with Crippen LogP contribution in [0.1, 0.15) is 19.4 Å². The number of rotatable bonds is 4. The van der Waals surface area contributed by atoms with Crippen LogP contribution in [0.3, 0.4) is 0 Å². The van der Waals surface area contributed by atoms with Crippen LogP contribution in [0.4, 0.5) is 16.2 Å². The lowest BCUT2D eigenvalue weighted by Crippen LogP contribution is -2.50. The van der Waals surface area contributed by atoms with Crippen LogP contribution in [-0.4, -0.2) is 48.2 Å². The fourth-order valence-corrected chi connectivity index (χ4v) is 2.91. The Bertz CT molecular complexity index is 821. The van der Waals surface area contributed by atoms with Crippen molar-refractivity contribution in [1.29, 1.82) is 5.26 Å². The number of carbonyl (C=O) groups excluding carboxylic acids is 1. The average Bonchev–Trinajstić information content (AvgIpc) is 2.68. The van der Waals surface area contributed by atoms with Gasteiger partial charge in [0.1, 0.15) is 0 Å². The van der Waals surface area contributed by atoms with Crippen molar-refractivity contribution >= 4 is 17.4 Å². The molecule has 2 amide bonds. The molecule has 2 heterocycles. The number of hydrogen-bond donors (Lipinski definition) is 1. The second-order valence-corrected chi connectivity index (χ2v) is 6.61. The molecular weight excluding hydrogens is 342 g/mol. The van der Waals surface area contributed by atoms with E-state index in [-0.39, 0.29) is 12.1 Å². The fourth-order valence-electron chi connectivity index (χ4n) is 2.91. The van der Waals surface area contributed by atoms with E-state index < -0.39 is 0 Å². The summed E-state index contributed by atoms with van der Waals surface area (Å²) in [4.78, 5) is 20.7. The van der Waals surface area contributed by atoms with E-state index in [2.05, 4.69) is 21.3 Å². The maximum Gasteiger partial charge on any atom is 0.321 e. The van der Waals surface area contributed by atoms with Gasteiger partial charge in [0, 0.05) is 49.8 Å². The molecule has 2 aromatic rings. The van der Waals surface area contributed by atoms with Gasteiger partial charge in [0.2, 0.25) is 5.88 Å². The molecule has 0 radical (unpaired) electrons. The van der Waals surface area contributed by atoms with Gasteiger partial charge in [-0.1, -0.05) is 0 Å². The molecule has 1 aromatic heterocycles. The zero-order valence-corrected chi connectivity index (χ0v) is 15.6. The molecule has 0 unspecified atom stereocenters. The Labute approximate surface area is 159 Å². The summed E-state index contributed by atoms with van der Waals surface area (Å²) in [6.07, 6.45) is 1.65. The lowest BCUT2D eigenvalue weighted by molar-refractivity contribution is 0.208. The van der Waals surface area contributed by atoms with E-state index in [4.69, 9.17) is 10.00 Å². The first-order valence-electron chi connectivity index (χ1n) is 8.99. The Morgan fingerprint density at radius 3 is 2.52 bits per heavy atom. The summed E-state index contributed by atoms with van der Waals surface area (Å²) in [5.74, 6) is 0.494. The number of benzene rings is 1. The van der Waals surface area contributed by atoms with Gasteiger partial charge in [-0.2, -0.15) is 5.26 Å². The van der Waals surface area contributed by atoms with Gasteiger partial charge in [-0.05, 0) is 44.2 Å². The molecule has 3 rings (SSSR count). The minimum Gasteiger partial charge on any atom is -0.475 e. The van der Waals surface area contributed by atoms with Gasteiger partial charge in [-0.3, -0.25) is 0 Å². The van der Waals surface area contributed by atoms with E-state index in [0.29, 0.717) is 30.2 Å². The maximum absolute atomic E-state index is 12.5. The monoisotopic (exact) mass is 365 g/mol. The first-order valence-corrected chi connectivity index (χ1v) is 8.99. The van der Waals surface area contributed by atoms with E-state index in [0.717, 1.165) is 18.8 Å². The number of nitrogens with zero attached hydrogens (tertiary/aromatic N) is 4. The average molecular weight is 365 g/mol. The molecule has 0 atom stereocenters. The Morgan fingerprint density at radius 1 is 1.19 bits per heavy atom. The van der Waals surface area contributed by atoms with Crippen molar-refractivity contribution in [2.45, 2.75) is 20.0 Å². The van der Waals surface area contributed by atoms with Crippen LogP contribution < -0.4 is 15.0 Å². The molecule has 7 heteroatoms. The molecule has 0 spiro atoms. The van der Waals surface area contributed by atoms with E-state index >= 15 is 0 Å². The number of piperazine rings is 1. The summed E-state index contributed by atoms with van der Waals surface area (Å²) in [6.45, 7) is 6.62. The molecule has 1 aliphatic rings. The van der Waals surface area contributed by atoms with Gasteiger partial charge in [-0.15, -0.1) is 0 Å². The first kappa shape index (κ1) is 18.5. The number of ether oxygens (including phenoxy) is 1. The number of carbonyl (C=O) groups is 1. The molecule has 0 bridgehead atoms. The van der Waals surface area contributed by atoms with Crippen LogP contribution in [0.5, 0.6) is 5.88 Å². The molecule has 1 saturated heterocycles. The molecule has 27 heavy (non-hydrogen) atoms. The van der Waals surface area contributed by atoms with Crippen LogP contribution in [0, 0.1) is 11.3 Å². The third-order valence-corrected chi connectivity index (χ3v) is 4.27. The Kier molecular flexibility index (Phi) is 5.77. The number of hydrogen-bond acceptors (Lipinski definition) is 5. The minimum atomic E-state index is -0.129. The van der Waals surface area contributed by atoms with Crippen molar-refractivity contribution in [3.05, 3.63) is 48.2 Å². The molecule has 0 saturated carbocycles. The van der Waals surface area contributed by atoms with Crippen molar-refractivity contribution in [3.63, 3.8) is 0 Å². The number of pyridine rings is 1. The number of amides is 2. The van der Waals surface area contributed by atoms with Gasteiger partial charge in [-0.25, -0.2) is 9.78 Å². The number of nitriles is 1. The van der Waals surface area contributed by atoms with Gasteiger partial charge in [0.15, 0.2) is 0 Å². The van der Waals surface area contributed by atoms with Crippen LogP contribution in [-0.2, 0) is 0 Å². The standard InChI is InChI=1S/C20H23N5O2/c1-15(2)27-19-13-17(7-8-22-19)23-20(26)25-11-9-24(10-12-25)18-5-3-16(14-21)4-6-18/h3-8,13,15H,9-12H2,1-2H3,(H,22,23,26). The highest BCUT2D eigenvalue weighted by Crippen LogP contribution is 2.19. The molecule has 1 fully saturated rings. The topological polar surface area (TPSA) is 81.5 Å². The lowest BCUT2D eigenvalue weighted by atomic mass is 10.2. The summed E-state index contributed by atoms with van der Waals surface area (Å²) in [6, 6.07) is 13.0. The summed E-state index contributed by atoms with van der Waals surface area (Å²) in [5.41, 5.74) is 2.38. The maximum atomic E-state index is 12.5. The van der Waals surface area contributed by atoms with Crippen LogP contribution >= 0.6 is 0 Å². The molecule has 1 N–H and O–H groups in total. The summed E-state index contributed by atoms with van der Waals surface area (Å²) < 4.78 is 5.56. The highest BCUT2D eigenvalue weighted by Gasteiger charge is 2.21. The first-order chi connectivity index (χ1) is 13.0. The smallest absolute Gasteiger partial charge is 0.321 e. The molecule has 0 aliphatic carbocycles. The number of nitrogens with one attached hydrogen (secondary N) is 1. The van der Waals surface area contributed by atoms with Crippen molar-refractivity contribution in [3.8, 4) is 11.9 Å². The van der Waals surface area contributed by atoms with Gasteiger partial charge < -0.3 is 19.9 Å². The lowest BCUT2D eigenvalue weighted by Gasteiger charge is -2.36. The fraction of sp³-hybridized carbons (Fsp3) is 0.350. The quantitative estimate of drug-likeness (QED) is 0.900. The van der Waals surface area contributed by atoms with E-state index in [1.165, 1.54) is 0 Å². The van der Waals surface area contributed by atoms with E-state index in [9.17, 15) is 4.79 Å². The van der Waals surface area contributed by atoms with Crippen molar-refractivity contribution < 1.29 is 9.53 Å². The molecular formula is C20H23N5O2. The van der Waals surface area contributed by atoms with E-state index in [1.807, 2.05) is 38.1 Å². The SMILES string of the molecule is CC(C)Oc1cc(NC(=O)N2CCN(c3ccc(C#N)cc3)CC2)ccn1. The second-order valence-electron chi connectivity index (χ2n) is 6.61. The van der Waals surface area contributed by atoms with Crippen molar-refractivity contribution in [1.82, 2.24) is 9.88 Å². The molecule has 1 aromatic carbocycles. The largest absolute Gasteiger partial charge is 0.475 e. The summed E-state index contributed by atoms with van der Waals surface area (Å²) in [7, 11) is 0. The predicted molar refractivity (Wildman–Crippen MR) is 104 cm³/mol. The third kappa shape index (κ3) is 4.88. The second kappa shape index (κ2) is 8.41. The molecule has 1 aliphatic heterocycles. The predicted octanol–water partition coefficient (Wildman–Crippen LogP) is 3.09. The minimum absolute atomic E-state index is 0.0266. The van der Waals surface area contributed by atoms with Crippen LogP contribution in [0.15, 0.2) is 42.6 Å². The number of aromatic nitrogens is 1. The summed E-state index contributed by atoms with van der Waals surface area (Å²) in [5, 5.41) is 11.8. The zero-order chi connectivity index (χ0) is 19.2. The van der Waals surface area contributed by atoms with Crippen LogP contribution in [0.25, 0.3) is 0 Å². The van der Waals surface area contributed by atoms with Crippen molar-refractivity contribution in [2.24, 2.45) is 0 Å². The Morgan fingerprint density at radius 2 is 1.89 bits per heavy atom. The Hall–Kier alpha value is -3.27. The van der Waals surface area contributed by atoms with Crippen LogP contribution in [0.2, 0.25) is 0 Å². The summed E-state index contributed by atoms with van der Waals surface area (Å²) >= 11 is 0. The highest BCUT2D eigenvalue weighted by atomic mass is 16.5. The molecule has 7 nitrogen and oxygen atoms in total. The Balaban J connectivity index is 1.54. The third-order valence-electron chi connectivity index (χ3n) is 4.27. The van der Waals surface area contributed by atoms with E-state index in [1.54, 1.807) is 23.2 Å². The van der Waals surface area contributed by atoms with Gasteiger partial charge in [0.25, 0.3) is 0 Å². The molecule has 140 valence electrons. The normalized spacial score (nSPS) is 14.0. The zero-order valence-electron chi connectivity index (χ0n) is 15.6. The number of anilines is 2. The number of urea groups is 1.